The van der Waals surface area contributed by atoms with Crippen molar-refractivity contribution in [2.24, 2.45) is 0 Å². The molecule has 1 N–H and O–H groups in total. The number of thiazole rings is 1. The highest BCUT2D eigenvalue weighted by Crippen LogP contribution is 2.20. The second-order valence-electron chi connectivity index (χ2n) is 4.18. The van der Waals surface area contributed by atoms with Crippen LogP contribution in [0.5, 0.6) is 0 Å². The number of hydrogen-bond acceptors (Lipinski definition) is 7. The molecule has 1 aliphatic carbocycles. The lowest BCUT2D eigenvalue weighted by Gasteiger charge is -2.04. The van der Waals surface area contributed by atoms with E-state index >= 15 is 0 Å². The Labute approximate surface area is 113 Å². The maximum Gasteiger partial charge on any atom is 0.209 e. The zero-order chi connectivity index (χ0) is 12.2. The Morgan fingerprint density at radius 2 is 2.44 bits per heavy atom. The molecule has 0 radical (unpaired) electrons. The Balaban J connectivity index is 1.50. The normalized spacial score (nSPS) is 15.1. The van der Waals surface area contributed by atoms with Crippen LogP contribution in [0.4, 0.5) is 0 Å². The average molecular weight is 282 g/mol. The highest BCUT2D eigenvalue weighted by molar-refractivity contribution is 7.98. The molecule has 0 saturated heterocycles. The number of nitrogens with one attached hydrogen (secondary N) is 1. The molecule has 0 amide bonds. The third-order valence-corrected chi connectivity index (χ3v) is 4.29. The minimum atomic E-state index is 0.729. The molecule has 6 nitrogen and oxygen atoms in total. The van der Waals surface area contributed by atoms with Gasteiger partial charge in [-0.1, -0.05) is 11.8 Å². The smallest absolute Gasteiger partial charge is 0.209 e. The molecular formula is C10H14N6S2. The van der Waals surface area contributed by atoms with Crippen LogP contribution in [0.1, 0.15) is 18.5 Å². The van der Waals surface area contributed by atoms with Crippen molar-refractivity contribution in [2.45, 2.75) is 36.3 Å². The molecule has 3 rings (SSSR count). The van der Waals surface area contributed by atoms with E-state index in [1.165, 1.54) is 12.8 Å². The summed E-state index contributed by atoms with van der Waals surface area (Å²) in [6, 6.07) is 0.729. The van der Waals surface area contributed by atoms with Gasteiger partial charge in [0.25, 0.3) is 0 Å². The van der Waals surface area contributed by atoms with Gasteiger partial charge in [-0.05, 0) is 23.3 Å². The van der Waals surface area contributed by atoms with Gasteiger partial charge in [-0.3, -0.25) is 0 Å². The summed E-state index contributed by atoms with van der Waals surface area (Å²) in [4.78, 5) is 4.25. The van der Waals surface area contributed by atoms with Crippen molar-refractivity contribution in [3.8, 4) is 0 Å². The van der Waals surface area contributed by atoms with E-state index in [0.717, 1.165) is 35.7 Å². The van der Waals surface area contributed by atoms with Gasteiger partial charge < -0.3 is 5.32 Å². The van der Waals surface area contributed by atoms with Gasteiger partial charge in [-0.25, -0.2) is 9.67 Å². The summed E-state index contributed by atoms with van der Waals surface area (Å²) in [5.41, 5.74) is 2.92. The van der Waals surface area contributed by atoms with Crippen LogP contribution < -0.4 is 5.32 Å². The van der Waals surface area contributed by atoms with Crippen LogP contribution in [-0.4, -0.2) is 37.8 Å². The minimum absolute atomic E-state index is 0.729. The average Bonchev–Trinajstić information content (AvgIpc) is 2.90. The van der Waals surface area contributed by atoms with Crippen LogP contribution >= 0.6 is 23.1 Å². The summed E-state index contributed by atoms with van der Waals surface area (Å²) < 4.78 is 1.85. The first kappa shape index (κ1) is 12.1. The quantitative estimate of drug-likeness (QED) is 0.769. The van der Waals surface area contributed by atoms with E-state index in [1.54, 1.807) is 23.1 Å². The molecule has 2 heterocycles. The van der Waals surface area contributed by atoms with Gasteiger partial charge in [-0.2, -0.15) is 0 Å². The molecule has 0 aliphatic heterocycles. The Bertz CT molecular complexity index is 478. The SMILES string of the molecule is c1nc(CSc2nnnn2CCNC2CC2)cs1. The molecule has 0 unspecified atom stereocenters. The summed E-state index contributed by atoms with van der Waals surface area (Å²) in [7, 11) is 0. The van der Waals surface area contributed by atoms with Crippen LogP contribution in [0.3, 0.4) is 0 Å². The standard InChI is InChI=1S/C10H14N6S2/c1-2-8(1)11-3-4-16-10(13-14-15-16)18-6-9-5-17-7-12-9/h5,7-8,11H,1-4,6H2. The topological polar surface area (TPSA) is 68.5 Å². The molecule has 0 spiro atoms. The second kappa shape index (κ2) is 5.77. The predicted molar refractivity (Wildman–Crippen MR) is 70.5 cm³/mol. The Morgan fingerprint density at radius 3 is 3.22 bits per heavy atom. The number of nitrogens with zero attached hydrogens (tertiary/aromatic N) is 5. The van der Waals surface area contributed by atoms with E-state index in [-0.39, 0.29) is 0 Å². The lowest BCUT2D eigenvalue weighted by Crippen LogP contribution is -2.22. The molecule has 2 aromatic rings. The molecule has 96 valence electrons. The van der Waals surface area contributed by atoms with Crippen molar-refractivity contribution in [3.63, 3.8) is 0 Å². The van der Waals surface area contributed by atoms with Crippen LogP contribution in [0.25, 0.3) is 0 Å². The molecule has 0 bridgehead atoms. The zero-order valence-corrected chi connectivity index (χ0v) is 11.5. The van der Waals surface area contributed by atoms with Crippen LogP contribution in [0.2, 0.25) is 0 Å². The van der Waals surface area contributed by atoms with Gasteiger partial charge in [0.1, 0.15) is 0 Å². The van der Waals surface area contributed by atoms with Crippen molar-refractivity contribution in [2.75, 3.05) is 6.54 Å². The summed E-state index contributed by atoms with van der Waals surface area (Å²) in [6.45, 7) is 1.75. The van der Waals surface area contributed by atoms with Crippen LogP contribution in [-0.2, 0) is 12.3 Å². The van der Waals surface area contributed by atoms with E-state index < -0.39 is 0 Å². The van der Waals surface area contributed by atoms with E-state index in [2.05, 4.69) is 31.2 Å². The molecule has 0 atom stereocenters. The van der Waals surface area contributed by atoms with E-state index in [9.17, 15) is 0 Å². The fraction of sp³-hybridized carbons (Fsp3) is 0.600. The van der Waals surface area contributed by atoms with Gasteiger partial charge in [0, 0.05) is 23.7 Å². The van der Waals surface area contributed by atoms with Crippen molar-refractivity contribution in [3.05, 3.63) is 16.6 Å². The third-order valence-electron chi connectivity index (χ3n) is 2.67. The molecular weight excluding hydrogens is 268 g/mol. The number of aromatic nitrogens is 5. The van der Waals surface area contributed by atoms with Gasteiger partial charge in [-0.15, -0.1) is 16.4 Å². The number of tetrazole rings is 1. The number of rotatable bonds is 7. The van der Waals surface area contributed by atoms with Crippen molar-refractivity contribution >= 4 is 23.1 Å². The summed E-state index contributed by atoms with van der Waals surface area (Å²) in [6.07, 6.45) is 2.61. The fourth-order valence-electron chi connectivity index (χ4n) is 1.55. The highest BCUT2D eigenvalue weighted by atomic mass is 32.2. The lowest BCUT2D eigenvalue weighted by molar-refractivity contribution is 0.509. The maximum absolute atomic E-state index is 4.25. The zero-order valence-electron chi connectivity index (χ0n) is 9.82. The summed E-state index contributed by atoms with van der Waals surface area (Å²) in [5, 5.41) is 18.2. The Kier molecular flexibility index (Phi) is 3.87. The molecule has 18 heavy (non-hydrogen) atoms. The van der Waals surface area contributed by atoms with Gasteiger partial charge >= 0.3 is 0 Å². The van der Waals surface area contributed by atoms with Gasteiger partial charge in [0.2, 0.25) is 5.16 Å². The summed E-state index contributed by atoms with van der Waals surface area (Å²) in [5.74, 6) is 0.819. The second-order valence-corrected chi connectivity index (χ2v) is 5.84. The van der Waals surface area contributed by atoms with Crippen LogP contribution in [0.15, 0.2) is 16.0 Å². The van der Waals surface area contributed by atoms with E-state index in [0.29, 0.717) is 0 Å². The molecule has 1 fully saturated rings. The fourth-order valence-corrected chi connectivity index (χ4v) is 3.02. The van der Waals surface area contributed by atoms with Crippen molar-refractivity contribution in [1.82, 2.24) is 30.5 Å². The van der Waals surface area contributed by atoms with E-state index in [4.69, 9.17) is 0 Å². The molecule has 2 aromatic heterocycles. The predicted octanol–water partition coefficient (Wildman–Crippen LogP) is 1.17. The van der Waals surface area contributed by atoms with E-state index in [1.807, 2.05) is 10.2 Å². The Hall–Kier alpha value is -0.990. The molecule has 1 aliphatic rings. The van der Waals surface area contributed by atoms with Crippen molar-refractivity contribution < 1.29 is 0 Å². The maximum atomic E-state index is 4.25. The number of thioether (sulfide) groups is 1. The lowest BCUT2D eigenvalue weighted by atomic mass is 10.6. The first-order valence-electron chi connectivity index (χ1n) is 5.91. The molecule has 8 heteroatoms. The largest absolute Gasteiger partial charge is 0.312 e. The minimum Gasteiger partial charge on any atom is -0.312 e. The van der Waals surface area contributed by atoms with Crippen molar-refractivity contribution in [1.29, 1.82) is 0 Å². The van der Waals surface area contributed by atoms with Gasteiger partial charge in [0.15, 0.2) is 0 Å². The van der Waals surface area contributed by atoms with Crippen LogP contribution in [0, 0.1) is 0 Å². The number of hydrogen-bond donors (Lipinski definition) is 1. The van der Waals surface area contributed by atoms with Gasteiger partial charge in [0.05, 0.1) is 17.7 Å². The molecule has 0 aromatic carbocycles. The first-order valence-corrected chi connectivity index (χ1v) is 7.84. The first-order chi connectivity index (χ1) is 8.92. The highest BCUT2D eigenvalue weighted by Gasteiger charge is 2.20. The summed E-state index contributed by atoms with van der Waals surface area (Å²) >= 11 is 3.24. The Morgan fingerprint density at radius 1 is 1.50 bits per heavy atom. The third kappa shape index (κ3) is 3.27. The molecule has 1 saturated carbocycles. The monoisotopic (exact) mass is 282 g/mol.